The van der Waals surface area contributed by atoms with Gasteiger partial charge in [-0.2, -0.15) is 18.9 Å². The van der Waals surface area contributed by atoms with Crippen LogP contribution >= 0.6 is 0 Å². The number of anilines is 4. The largest absolute Gasteiger partial charge is 0.399 e. The van der Waals surface area contributed by atoms with Gasteiger partial charge < -0.3 is 9.80 Å². The highest BCUT2D eigenvalue weighted by atomic mass is 32.3. The molecule has 1 aliphatic heterocycles. The summed E-state index contributed by atoms with van der Waals surface area (Å²) in [4.78, 5) is 4.23. The minimum atomic E-state index is -4.09. The summed E-state index contributed by atoms with van der Waals surface area (Å²) < 4.78 is 33.1. The molecule has 0 saturated carbocycles. The molecule has 8 nitrogen and oxygen atoms in total. The maximum atomic E-state index is 11.8. The normalized spacial score (nSPS) is 12.4. The SMILES string of the molecule is C=Cc1ccc(N(c2ccc(C)cc2)c2ccc(C)cc2)cc1C1=CC(=C(C#N)C#N)c2ccccc2N1CCCOS(=O)(=O)OC. The van der Waals surface area contributed by atoms with E-state index < -0.39 is 10.4 Å². The Morgan fingerprint density at radius 3 is 2.04 bits per heavy atom. The summed E-state index contributed by atoms with van der Waals surface area (Å²) in [7, 11) is -3.04. The highest BCUT2D eigenvalue weighted by Gasteiger charge is 2.27. The van der Waals surface area contributed by atoms with Gasteiger partial charge in [0.1, 0.15) is 17.7 Å². The van der Waals surface area contributed by atoms with Crippen molar-refractivity contribution in [3.8, 4) is 12.1 Å². The van der Waals surface area contributed by atoms with Crippen molar-refractivity contribution in [2.75, 3.05) is 30.1 Å². The molecule has 5 rings (SSSR count). The number of hydrogen-bond donors (Lipinski definition) is 0. The molecule has 0 N–H and O–H groups in total. The van der Waals surface area contributed by atoms with Crippen LogP contribution < -0.4 is 9.80 Å². The van der Waals surface area contributed by atoms with Crippen LogP contribution in [0.5, 0.6) is 0 Å². The molecular formula is C38H34N4O4S. The molecule has 0 atom stereocenters. The fourth-order valence-electron chi connectivity index (χ4n) is 5.53. The van der Waals surface area contributed by atoms with Crippen LogP contribution in [0, 0.1) is 36.5 Å². The van der Waals surface area contributed by atoms with E-state index in [4.69, 9.17) is 4.18 Å². The quantitative estimate of drug-likeness (QED) is 0.119. The summed E-state index contributed by atoms with van der Waals surface area (Å²) in [5, 5.41) is 19.9. The zero-order valence-corrected chi connectivity index (χ0v) is 27.3. The standard InChI is InChI=1S/C38H34N4O4S/c1-5-29-15-20-33(42(31-16-11-27(2)12-17-31)32-18-13-28(3)14-19-32)23-36(29)38-24-35(30(25-39)26-40)34-9-6-7-10-37(34)41(38)21-8-22-46-47(43,44)45-4/h5-7,9-20,23-24H,1,8,21-22H2,2-4H3. The maximum Gasteiger partial charge on any atom is 0.399 e. The minimum Gasteiger partial charge on any atom is -0.340 e. The van der Waals surface area contributed by atoms with Gasteiger partial charge in [0.05, 0.1) is 13.7 Å². The topological polar surface area (TPSA) is 107 Å². The molecule has 4 aromatic rings. The van der Waals surface area contributed by atoms with E-state index in [1.807, 2.05) is 42.5 Å². The first kappa shape index (κ1) is 32.9. The first-order chi connectivity index (χ1) is 22.7. The van der Waals surface area contributed by atoms with Gasteiger partial charge in [0.25, 0.3) is 0 Å². The molecule has 4 aromatic carbocycles. The number of allylic oxidation sites excluding steroid dienone is 3. The van der Waals surface area contributed by atoms with Gasteiger partial charge >= 0.3 is 10.4 Å². The molecule has 0 spiro atoms. The molecule has 0 fully saturated rings. The second-order valence-electron chi connectivity index (χ2n) is 10.9. The van der Waals surface area contributed by atoms with E-state index >= 15 is 0 Å². The Morgan fingerprint density at radius 1 is 0.872 bits per heavy atom. The van der Waals surface area contributed by atoms with Crippen LogP contribution in [0.3, 0.4) is 0 Å². The summed E-state index contributed by atoms with van der Waals surface area (Å²) in [6.07, 6.45) is 3.96. The number of aryl methyl sites for hydroxylation is 2. The van der Waals surface area contributed by atoms with Gasteiger partial charge in [-0.15, -0.1) is 0 Å². The third-order valence-electron chi connectivity index (χ3n) is 7.88. The molecule has 1 heterocycles. The second-order valence-corrected chi connectivity index (χ2v) is 12.3. The Labute approximate surface area is 276 Å². The summed E-state index contributed by atoms with van der Waals surface area (Å²) >= 11 is 0. The molecule has 0 amide bonds. The van der Waals surface area contributed by atoms with Gasteiger partial charge in [0, 0.05) is 51.7 Å². The smallest absolute Gasteiger partial charge is 0.340 e. The van der Waals surface area contributed by atoms with E-state index in [-0.39, 0.29) is 12.2 Å². The van der Waals surface area contributed by atoms with E-state index in [1.54, 1.807) is 6.08 Å². The Hall–Kier alpha value is -5.45. The predicted molar refractivity (Wildman–Crippen MR) is 187 cm³/mol. The van der Waals surface area contributed by atoms with Crippen molar-refractivity contribution < 1.29 is 16.8 Å². The molecule has 47 heavy (non-hydrogen) atoms. The maximum absolute atomic E-state index is 11.8. The summed E-state index contributed by atoms with van der Waals surface area (Å²) in [5.41, 5.74) is 9.49. The van der Waals surface area contributed by atoms with Crippen molar-refractivity contribution in [3.05, 3.63) is 137 Å². The molecule has 0 bridgehead atoms. The van der Waals surface area contributed by atoms with Crippen LogP contribution in [0.25, 0.3) is 17.3 Å². The van der Waals surface area contributed by atoms with Crippen LogP contribution in [-0.4, -0.2) is 28.7 Å². The van der Waals surface area contributed by atoms with Crippen molar-refractivity contribution in [1.82, 2.24) is 0 Å². The van der Waals surface area contributed by atoms with Crippen LogP contribution in [0.1, 0.15) is 34.2 Å². The van der Waals surface area contributed by atoms with Crippen LogP contribution in [-0.2, 0) is 18.8 Å². The lowest BCUT2D eigenvalue weighted by atomic mass is 9.90. The van der Waals surface area contributed by atoms with E-state index in [2.05, 4.69) is 101 Å². The first-order valence-corrected chi connectivity index (χ1v) is 16.3. The number of rotatable bonds is 11. The lowest BCUT2D eigenvalue weighted by Crippen LogP contribution is -2.28. The zero-order valence-electron chi connectivity index (χ0n) is 26.5. The number of hydrogen-bond acceptors (Lipinski definition) is 8. The van der Waals surface area contributed by atoms with Crippen molar-refractivity contribution in [2.45, 2.75) is 20.3 Å². The molecule has 0 unspecified atom stereocenters. The van der Waals surface area contributed by atoms with Gasteiger partial charge in [-0.1, -0.05) is 72.3 Å². The predicted octanol–water partition coefficient (Wildman–Crippen LogP) is 8.38. The Balaban J connectivity index is 1.70. The number of benzene rings is 4. The van der Waals surface area contributed by atoms with E-state index in [0.29, 0.717) is 18.5 Å². The highest BCUT2D eigenvalue weighted by Crippen LogP contribution is 2.44. The fraction of sp³-hybridized carbons (Fsp3) is 0.158. The average molecular weight is 643 g/mol. The Bertz CT molecular complexity index is 1990. The van der Waals surface area contributed by atoms with Crippen LogP contribution in [0.2, 0.25) is 0 Å². The zero-order chi connectivity index (χ0) is 33.6. The lowest BCUT2D eigenvalue weighted by Gasteiger charge is -2.35. The third-order valence-corrected chi connectivity index (χ3v) is 8.75. The average Bonchev–Trinajstić information content (AvgIpc) is 3.09. The molecule has 0 radical (unpaired) electrons. The number of para-hydroxylation sites is 1. The van der Waals surface area contributed by atoms with E-state index in [9.17, 15) is 18.9 Å². The van der Waals surface area contributed by atoms with Gasteiger partial charge in [0.2, 0.25) is 0 Å². The van der Waals surface area contributed by atoms with Crippen molar-refractivity contribution in [1.29, 1.82) is 10.5 Å². The monoisotopic (exact) mass is 642 g/mol. The van der Waals surface area contributed by atoms with Gasteiger partial charge in [-0.3, -0.25) is 4.18 Å². The molecule has 236 valence electrons. The van der Waals surface area contributed by atoms with Gasteiger partial charge in [0.15, 0.2) is 0 Å². The Kier molecular flexibility index (Phi) is 10.0. The number of fused-ring (bicyclic) bond motifs is 1. The second kappa shape index (κ2) is 14.3. The molecule has 1 aliphatic rings. The summed E-state index contributed by atoms with van der Waals surface area (Å²) in [6.45, 7) is 8.46. The summed E-state index contributed by atoms with van der Waals surface area (Å²) in [5.74, 6) is 0. The minimum absolute atomic E-state index is 0.0126. The highest BCUT2D eigenvalue weighted by molar-refractivity contribution is 7.81. The third kappa shape index (κ3) is 7.19. The summed E-state index contributed by atoms with van der Waals surface area (Å²) in [6, 6.07) is 34.4. The number of nitriles is 2. The van der Waals surface area contributed by atoms with Crippen LogP contribution in [0.4, 0.5) is 22.7 Å². The van der Waals surface area contributed by atoms with Gasteiger partial charge in [-0.05, 0) is 74.4 Å². The van der Waals surface area contributed by atoms with Crippen LogP contribution in [0.15, 0.2) is 109 Å². The van der Waals surface area contributed by atoms with Gasteiger partial charge in [-0.25, -0.2) is 4.18 Å². The molecular weight excluding hydrogens is 609 g/mol. The number of nitrogens with zero attached hydrogens (tertiary/aromatic N) is 4. The molecule has 0 saturated heterocycles. The molecule has 9 heteroatoms. The van der Waals surface area contributed by atoms with Crippen molar-refractivity contribution in [2.24, 2.45) is 0 Å². The fourth-order valence-corrected chi connectivity index (χ4v) is 5.94. The van der Waals surface area contributed by atoms with Crippen molar-refractivity contribution in [3.63, 3.8) is 0 Å². The molecule has 0 aliphatic carbocycles. The van der Waals surface area contributed by atoms with Crippen molar-refractivity contribution >= 4 is 50.5 Å². The first-order valence-electron chi connectivity index (χ1n) is 15.0. The van der Waals surface area contributed by atoms with E-state index in [1.165, 1.54) is 0 Å². The molecule has 0 aromatic heterocycles. The lowest BCUT2D eigenvalue weighted by molar-refractivity contribution is 0.242. The van der Waals surface area contributed by atoms with E-state index in [0.717, 1.165) is 63.4 Å². The Morgan fingerprint density at radius 2 is 1.47 bits per heavy atom.